The highest BCUT2D eigenvalue weighted by atomic mass is 79.9. The number of nitrogens with one attached hydrogen (secondary N) is 1. The Morgan fingerprint density at radius 3 is 3.06 bits per heavy atom. The molecule has 0 fully saturated rings. The summed E-state index contributed by atoms with van der Waals surface area (Å²) in [4.78, 5) is 13.5. The maximum absolute atomic E-state index is 13.1. The SMILES string of the molecule is CC1NCc2cc(F)ccc2CN1C(=O)CBr. The van der Waals surface area contributed by atoms with Crippen LogP contribution in [0, 0.1) is 5.82 Å². The van der Waals surface area contributed by atoms with E-state index in [-0.39, 0.29) is 17.9 Å². The number of carbonyl (C=O) groups excluding carboxylic acids is 1. The molecule has 0 spiro atoms. The molecule has 1 N–H and O–H groups in total. The quantitative estimate of drug-likeness (QED) is 0.805. The molecular weight excluding hydrogens is 287 g/mol. The van der Waals surface area contributed by atoms with E-state index in [1.54, 1.807) is 11.0 Å². The fraction of sp³-hybridized carbons (Fsp3) is 0.417. The van der Waals surface area contributed by atoms with Crippen molar-refractivity contribution in [3.8, 4) is 0 Å². The minimum Gasteiger partial charge on any atom is -0.322 e. The molecule has 0 saturated carbocycles. The van der Waals surface area contributed by atoms with Crippen LogP contribution >= 0.6 is 15.9 Å². The number of carbonyl (C=O) groups is 1. The lowest BCUT2D eigenvalue weighted by atomic mass is 10.1. The zero-order valence-corrected chi connectivity index (χ0v) is 11.1. The van der Waals surface area contributed by atoms with E-state index in [2.05, 4.69) is 21.2 Å². The summed E-state index contributed by atoms with van der Waals surface area (Å²) < 4.78 is 13.1. The molecule has 0 bridgehead atoms. The lowest BCUT2D eigenvalue weighted by Crippen LogP contribution is -2.45. The Kier molecular flexibility index (Phi) is 3.79. The summed E-state index contributed by atoms with van der Waals surface area (Å²) in [7, 11) is 0. The molecular formula is C12H14BrFN2O. The van der Waals surface area contributed by atoms with Gasteiger partial charge in [0.1, 0.15) is 5.82 Å². The van der Waals surface area contributed by atoms with Gasteiger partial charge in [0.05, 0.1) is 11.5 Å². The van der Waals surface area contributed by atoms with Crippen molar-refractivity contribution in [2.24, 2.45) is 0 Å². The second-order valence-electron chi connectivity index (χ2n) is 4.13. The van der Waals surface area contributed by atoms with E-state index in [1.807, 2.05) is 6.92 Å². The predicted octanol–water partition coefficient (Wildman–Crippen LogP) is 2.00. The summed E-state index contributed by atoms with van der Waals surface area (Å²) >= 11 is 3.18. The smallest absolute Gasteiger partial charge is 0.234 e. The van der Waals surface area contributed by atoms with Crippen LogP contribution in [0.1, 0.15) is 18.1 Å². The van der Waals surface area contributed by atoms with Crippen LogP contribution in [0.3, 0.4) is 0 Å². The van der Waals surface area contributed by atoms with Gasteiger partial charge in [-0.3, -0.25) is 10.1 Å². The molecule has 1 unspecified atom stereocenters. The van der Waals surface area contributed by atoms with Crippen LogP contribution in [0.4, 0.5) is 4.39 Å². The number of halogens is 2. The number of alkyl halides is 1. The molecule has 0 aromatic heterocycles. The zero-order valence-electron chi connectivity index (χ0n) is 9.54. The van der Waals surface area contributed by atoms with Crippen LogP contribution in [0.15, 0.2) is 18.2 Å². The lowest BCUT2D eigenvalue weighted by molar-refractivity contribution is -0.131. The third kappa shape index (κ3) is 2.66. The summed E-state index contributed by atoms with van der Waals surface area (Å²) in [6.45, 7) is 3.04. The van der Waals surface area contributed by atoms with Crippen molar-refractivity contribution in [1.82, 2.24) is 10.2 Å². The number of nitrogens with zero attached hydrogens (tertiary/aromatic N) is 1. The summed E-state index contributed by atoms with van der Waals surface area (Å²) in [5.74, 6) is -0.208. The predicted molar refractivity (Wildman–Crippen MR) is 67.0 cm³/mol. The number of amides is 1. The molecule has 17 heavy (non-hydrogen) atoms. The molecule has 0 saturated heterocycles. The fourth-order valence-corrected chi connectivity index (χ4v) is 2.30. The van der Waals surface area contributed by atoms with Crippen molar-refractivity contribution in [2.45, 2.75) is 26.2 Å². The van der Waals surface area contributed by atoms with Crippen molar-refractivity contribution in [2.75, 3.05) is 5.33 Å². The van der Waals surface area contributed by atoms with Gasteiger partial charge in [0.25, 0.3) is 0 Å². The summed E-state index contributed by atoms with van der Waals surface area (Å²) in [5, 5.41) is 3.51. The Morgan fingerprint density at radius 2 is 2.35 bits per heavy atom. The molecule has 0 aliphatic carbocycles. The number of hydrogen-bond acceptors (Lipinski definition) is 2. The number of fused-ring (bicyclic) bond motifs is 1. The van der Waals surface area contributed by atoms with Crippen LogP contribution in [0.5, 0.6) is 0 Å². The van der Waals surface area contributed by atoms with E-state index in [4.69, 9.17) is 0 Å². The fourth-order valence-electron chi connectivity index (χ4n) is 1.98. The third-order valence-corrected chi connectivity index (χ3v) is 3.48. The van der Waals surface area contributed by atoms with E-state index >= 15 is 0 Å². The Bertz CT molecular complexity index is 439. The average Bonchev–Trinajstić information content (AvgIpc) is 2.48. The average molecular weight is 301 g/mol. The third-order valence-electron chi connectivity index (χ3n) is 3.00. The van der Waals surface area contributed by atoms with Crippen molar-refractivity contribution >= 4 is 21.8 Å². The van der Waals surface area contributed by atoms with Gasteiger partial charge in [-0.25, -0.2) is 4.39 Å². The van der Waals surface area contributed by atoms with Gasteiger partial charge in [-0.1, -0.05) is 22.0 Å². The molecule has 92 valence electrons. The number of rotatable bonds is 1. The van der Waals surface area contributed by atoms with Gasteiger partial charge in [0.2, 0.25) is 5.91 Å². The van der Waals surface area contributed by atoms with Gasteiger partial charge < -0.3 is 4.90 Å². The van der Waals surface area contributed by atoms with Gasteiger partial charge in [-0.2, -0.15) is 0 Å². The van der Waals surface area contributed by atoms with E-state index in [1.165, 1.54) is 12.1 Å². The van der Waals surface area contributed by atoms with Crippen LogP contribution < -0.4 is 5.32 Å². The van der Waals surface area contributed by atoms with Crippen molar-refractivity contribution in [1.29, 1.82) is 0 Å². The van der Waals surface area contributed by atoms with Gasteiger partial charge in [0, 0.05) is 13.1 Å². The van der Waals surface area contributed by atoms with Crippen molar-refractivity contribution < 1.29 is 9.18 Å². The summed E-state index contributed by atoms with van der Waals surface area (Å²) in [6, 6.07) is 4.71. The molecule has 1 aliphatic heterocycles. The first-order valence-electron chi connectivity index (χ1n) is 5.48. The Morgan fingerprint density at radius 1 is 1.59 bits per heavy atom. The van der Waals surface area contributed by atoms with Crippen molar-refractivity contribution in [3.05, 3.63) is 35.1 Å². The molecule has 1 heterocycles. The molecule has 1 aliphatic rings. The van der Waals surface area contributed by atoms with Gasteiger partial charge in [-0.15, -0.1) is 0 Å². The number of benzene rings is 1. The highest BCUT2D eigenvalue weighted by molar-refractivity contribution is 9.09. The highest BCUT2D eigenvalue weighted by Gasteiger charge is 2.23. The van der Waals surface area contributed by atoms with E-state index < -0.39 is 0 Å². The molecule has 1 amide bonds. The summed E-state index contributed by atoms with van der Waals surface area (Å²) in [5.41, 5.74) is 1.92. The molecule has 1 aromatic rings. The van der Waals surface area contributed by atoms with Gasteiger partial charge in [0.15, 0.2) is 0 Å². The van der Waals surface area contributed by atoms with Gasteiger partial charge >= 0.3 is 0 Å². The van der Waals surface area contributed by atoms with E-state index in [0.717, 1.165) is 11.1 Å². The molecule has 1 atom stereocenters. The Balaban J connectivity index is 2.30. The Hall–Kier alpha value is -0.940. The summed E-state index contributed by atoms with van der Waals surface area (Å²) in [6.07, 6.45) is -0.0458. The zero-order chi connectivity index (χ0) is 12.4. The van der Waals surface area contributed by atoms with Crippen LogP contribution in [0.2, 0.25) is 0 Å². The monoisotopic (exact) mass is 300 g/mol. The minimum atomic E-state index is -0.238. The minimum absolute atomic E-state index is 0.0298. The second kappa shape index (κ2) is 5.14. The maximum Gasteiger partial charge on any atom is 0.234 e. The van der Waals surface area contributed by atoms with Crippen LogP contribution in [0.25, 0.3) is 0 Å². The molecule has 1 aromatic carbocycles. The van der Waals surface area contributed by atoms with Crippen LogP contribution in [-0.4, -0.2) is 22.3 Å². The normalized spacial score (nSPS) is 19.7. The largest absolute Gasteiger partial charge is 0.322 e. The molecule has 5 heteroatoms. The topological polar surface area (TPSA) is 32.3 Å². The first-order chi connectivity index (χ1) is 8.11. The molecule has 0 radical (unpaired) electrons. The second-order valence-corrected chi connectivity index (χ2v) is 4.69. The van der Waals surface area contributed by atoms with E-state index in [9.17, 15) is 9.18 Å². The molecule has 3 nitrogen and oxygen atoms in total. The first kappa shape index (κ1) is 12.5. The Labute approximate surface area is 108 Å². The maximum atomic E-state index is 13.1. The molecule has 2 rings (SSSR count). The van der Waals surface area contributed by atoms with Crippen molar-refractivity contribution in [3.63, 3.8) is 0 Å². The van der Waals surface area contributed by atoms with Gasteiger partial charge in [-0.05, 0) is 30.2 Å². The number of hydrogen-bond donors (Lipinski definition) is 1. The first-order valence-corrected chi connectivity index (χ1v) is 6.60. The lowest BCUT2D eigenvalue weighted by Gasteiger charge is -2.27. The van der Waals surface area contributed by atoms with E-state index in [0.29, 0.717) is 18.4 Å². The standard InChI is InChI=1S/C12H14BrFN2O/c1-8-15-6-10-4-11(14)3-2-9(10)7-16(8)12(17)5-13/h2-4,8,15H,5-7H2,1H3. The van der Waals surface area contributed by atoms with Crippen LogP contribution in [-0.2, 0) is 17.9 Å². The highest BCUT2D eigenvalue weighted by Crippen LogP contribution is 2.19.